The zero-order valence-electron chi connectivity index (χ0n) is 10.1. The molecule has 0 saturated heterocycles. The zero-order chi connectivity index (χ0) is 12.7. The van der Waals surface area contributed by atoms with Crippen LogP contribution in [0.3, 0.4) is 0 Å². The van der Waals surface area contributed by atoms with Crippen LogP contribution in [0.1, 0.15) is 25.3 Å². The quantitative estimate of drug-likeness (QED) is 0.771. The third-order valence-corrected chi connectivity index (χ3v) is 2.29. The van der Waals surface area contributed by atoms with Gasteiger partial charge in [0.2, 0.25) is 11.8 Å². The second kappa shape index (κ2) is 6.85. The topological polar surface area (TPSA) is 71.5 Å². The van der Waals surface area contributed by atoms with E-state index in [0.717, 1.165) is 5.56 Å². The summed E-state index contributed by atoms with van der Waals surface area (Å²) < 4.78 is 4.98. The molecule has 0 fully saturated rings. The number of nitrogens with zero attached hydrogens (tertiary/aromatic N) is 1. The number of carbonyl (C=O) groups is 1. The first-order chi connectivity index (χ1) is 8.11. The van der Waals surface area contributed by atoms with E-state index in [1.54, 1.807) is 26.3 Å². The molecule has 1 heterocycles. The Hall–Kier alpha value is -1.62. The van der Waals surface area contributed by atoms with Crippen molar-refractivity contribution in [2.75, 3.05) is 7.11 Å². The first-order valence-corrected chi connectivity index (χ1v) is 5.55. The van der Waals surface area contributed by atoms with E-state index in [2.05, 4.69) is 10.3 Å². The lowest BCUT2D eigenvalue weighted by molar-refractivity contribution is -0.121. The molecule has 1 aromatic rings. The summed E-state index contributed by atoms with van der Waals surface area (Å²) in [4.78, 5) is 15.4. The van der Waals surface area contributed by atoms with Gasteiger partial charge in [0.05, 0.1) is 13.2 Å². The van der Waals surface area contributed by atoms with Crippen molar-refractivity contribution in [2.45, 2.75) is 32.4 Å². The van der Waals surface area contributed by atoms with Crippen molar-refractivity contribution in [3.63, 3.8) is 0 Å². The van der Waals surface area contributed by atoms with Gasteiger partial charge in [0.25, 0.3) is 0 Å². The Balaban J connectivity index is 2.36. The van der Waals surface area contributed by atoms with E-state index < -0.39 is 6.10 Å². The molecule has 1 unspecified atom stereocenters. The number of amides is 1. The average molecular weight is 238 g/mol. The Labute approximate surface area is 101 Å². The molecule has 17 heavy (non-hydrogen) atoms. The van der Waals surface area contributed by atoms with Gasteiger partial charge in [0, 0.05) is 25.2 Å². The molecule has 0 spiro atoms. The predicted molar refractivity (Wildman–Crippen MR) is 63.6 cm³/mol. The second-order valence-corrected chi connectivity index (χ2v) is 3.87. The van der Waals surface area contributed by atoms with E-state index in [0.29, 0.717) is 25.3 Å². The molecule has 0 aliphatic rings. The Morgan fingerprint density at radius 2 is 2.41 bits per heavy atom. The lowest BCUT2D eigenvalue weighted by atomic mass is 10.2. The molecule has 0 aliphatic heterocycles. The summed E-state index contributed by atoms with van der Waals surface area (Å²) in [5.41, 5.74) is 0.933. The fourth-order valence-electron chi connectivity index (χ4n) is 1.30. The van der Waals surface area contributed by atoms with Gasteiger partial charge in [-0.05, 0) is 25.0 Å². The molecule has 0 radical (unpaired) electrons. The maximum Gasteiger partial charge on any atom is 0.220 e. The molecule has 0 saturated carbocycles. The molecule has 1 atom stereocenters. The highest BCUT2D eigenvalue weighted by atomic mass is 16.5. The first-order valence-electron chi connectivity index (χ1n) is 5.55. The van der Waals surface area contributed by atoms with Crippen LogP contribution in [0.4, 0.5) is 0 Å². The van der Waals surface area contributed by atoms with Gasteiger partial charge in [0.1, 0.15) is 0 Å². The van der Waals surface area contributed by atoms with E-state index in [9.17, 15) is 4.79 Å². The minimum absolute atomic E-state index is 0.0679. The van der Waals surface area contributed by atoms with Crippen molar-refractivity contribution in [3.05, 3.63) is 23.9 Å². The standard InChI is InChI=1S/C12H18N2O3/c1-9(15)3-4-11(16)14-8-10-5-6-13-12(7-10)17-2/h5-7,9,15H,3-4,8H2,1-2H3,(H,14,16). The number of pyridine rings is 1. The molecule has 2 N–H and O–H groups in total. The summed E-state index contributed by atoms with van der Waals surface area (Å²) in [6.45, 7) is 2.11. The van der Waals surface area contributed by atoms with Crippen molar-refractivity contribution in [1.82, 2.24) is 10.3 Å². The summed E-state index contributed by atoms with van der Waals surface area (Å²) in [7, 11) is 1.55. The van der Waals surface area contributed by atoms with Gasteiger partial charge in [-0.3, -0.25) is 4.79 Å². The third kappa shape index (κ3) is 5.31. The SMILES string of the molecule is COc1cc(CNC(=O)CCC(C)O)ccn1. The van der Waals surface area contributed by atoms with Gasteiger partial charge in [-0.25, -0.2) is 4.98 Å². The fraction of sp³-hybridized carbons (Fsp3) is 0.500. The van der Waals surface area contributed by atoms with Crippen LogP contribution in [0.15, 0.2) is 18.3 Å². The number of carbonyl (C=O) groups excluding carboxylic acids is 1. The summed E-state index contributed by atoms with van der Waals surface area (Å²) >= 11 is 0. The third-order valence-electron chi connectivity index (χ3n) is 2.29. The highest BCUT2D eigenvalue weighted by Crippen LogP contribution is 2.08. The maximum atomic E-state index is 11.4. The zero-order valence-corrected chi connectivity index (χ0v) is 10.1. The molecule has 1 amide bonds. The van der Waals surface area contributed by atoms with Crippen molar-refractivity contribution in [2.24, 2.45) is 0 Å². The highest BCUT2D eigenvalue weighted by Gasteiger charge is 2.04. The molecule has 0 aromatic carbocycles. The number of hydrogen-bond acceptors (Lipinski definition) is 4. The van der Waals surface area contributed by atoms with Gasteiger partial charge in [-0.15, -0.1) is 0 Å². The van der Waals surface area contributed by atoms with E-state index in [4.69, 9.17) is 9.84 Å². The smallest absolute Gasteiger partial charge is 0.220 e. The van der Waals surface area contributed by atoms with Crippen LogP contribution < -0.4 is 10.1 Å². The molecule has 0 aliphatic carbocycles. The van der Waals surface area contributed by atoms with E-state index >= 15 is 0 Å². The monoisotopic (exact) mass is 238 g/mol. The van der Waals surface area contributed by atoms with Gasteiger partial charge in [0.15, 0.2) is 0 Å². The van der Waals surface area contributed by atoms with Crippen LogP contribution >= 0.6 is 0 Å². The summed E-state index contributed by atoms with van der Waals surface area (Å²) in [6.07, 6.45) is 2.00. The van der Waals surface area contributed by atoms with Crippen molar-refractivity contribution in [3.8, 4) is 5.88 Å². The van der Waals surface area contributed by atoms with Gasteiger partial charge in [-0.2, -0.15) is 0 Å². The van der Waals surface area contributed by atoms with Crippen molar-refractivity contribution in [1.29, 1.82) is 0 Å². The molecule has 5 nitrogen and oxygen atoms in total. The van der Waals surface area contributed by atoms with Crippen LogP contribution in [0.5, 0.6) is 5.88 Å². The summed E-state index contributed by atoms with van der Waals surface area (Å²) in [5.74, 6) is 0.461. The van der Waals surface area contributed by atoms with Gasteiger partial charge in [-0.1, -0.05) is 0 Å². The van der Waals surface area contributed by atoms with E-state index in [1.807, 2.05) is 6.07 Å². The van der Waals surface area contributed by atoms with Crippen molar-refractivity contribution >= 4 is 5.91 Å². The minimum Gasteiger partial charge on any atom is -0.481 e. The lowest BCUT2D eigenvalue weighted by Crippen LogP contribution is -2.23. The first kappa shape index (κ1) is 13.4. The molecule has 1 rings (SSSR count). The van der Waals surface area contributed by atoms with E-state index in [-0.39, 0.29) is 5.91 Å². The number of aromatic nitrogens is 1. The van der Waals surface area contributed by atoms with E-state index in [1.165, 1.54) is 0 Å². The predicted octanol–water partition coefficient (Wildman–Crippen LogP) is 0.867. The van der Waals surface area contributed by atoms with Crippen LogP contribution in [0.25, 0.3) is 0 Å². The number of hydrogen-bond donors (Lipinski definition) is 2. The molecule has 5 heteroatoms. The maximum absolute atomic E-state index is 11.4. The normalized spacial score (nSPS) is 11.9. The van der Waals surface area contributed by atoms with Crippen molar-refractivity contribution < 1.29 is 14.6 Å². The van der Waals surface area contributed by atoms with Crippen LogP contribution in [0.2, 0.25) is 0 Å². The summed E-state index contributed by atoms with van der Waals surface area (Å²) in [6, 6.07) is 3.59. The number of rotatable bonds is 6. The molecule has 0 bridgehead atoms. The lowest BCUT2D eigenvalue weighted by Gasteiger charge is -2.07. The van der Waals surface area contributed by atoms with Crippen LogP contribution in [0, 0.1) is 0 Å². The highest BCUT2D eigenvalue weighted by molar-refractivity contribution is 5.75. The minimum atomic E-state index is -0.443. The van der Waals surface area contributed by atoms with Crippen LogP contribution in [-0.4, -0.2) is 29.2 Å². The Kier molecular flexibility index (Phi) is 5.42. The van der Waals surface area contributed by atoms with Gasteiger partial charge >= 0.3 is 0 Å². The fourth-order valence-corrected chi connectivity index (χ4v) is 1.30. The molecular formula is C12H18N2O3. The molecule has 94 valence electrons. The second-order valence-electron chi connectivity index (χ2n) is 3.87. The van der Waals surface area contributed by atoms with Crippen LogP contribution in [-0.2, 0) is 11.3 Å². The Morgan fingerprint density at radius 3 is 3.06 bits per heavy atom. The number of methoxy groups -OCH3 is 1. The Morgan fingerprint density at radius 1 is 1.65 bits per heavy atom. The number of ether oxygens (including phenoxy) is 1. The number of nitrogens with one attached hydrogen (secondary N) is 1. The largest absolute Gasteiger partial charge is 0.481 e. The Bertz CT molecular complexity index is 367. The summed E-state index contributed by atoms with van der Waals surface area (Å²) in [5, 5.41) is 11.8. The molecule has 1 aromatic heterocycles. The number of aliphatic hydroxyl groups excluding tert-OH is 1. The average Bonchev–Trinajstić information content (AvgIpc) is 2.34. The van der Waals surface area contributed by atoms with Gasteiger partial charge < -0.3 is 15.2 Å². The molecular weight excluding hydrogens is 220 g/mol. The number of aliphatic hydroxyl groups is 1.